The minimum Gasteiger partial charge on any atom is -0.289 e. The number of carbonyl (C=O) groups excluding carboxylic acids is 1. The molecule has 0 saturated carbocycles. The van der Waals surface area contributed by atoms with Gasteiger partial charge in [0, 0.05) is 11.1 Å². The second-order valence-corrected chi connectivity index (χ2v) is 5.70. The molecule has 0 radical (unpaired) electrons. The fourth-order valence-electron chi connectivity index (χ4n) is 2.81. The Morgan fingerprint density at radius 3 is 2.04 bits per heavy atom. The second-order valence-electron chi connectivity index (χ2n) is 5.70. The van der Waals surface area contributed by atoms with Gasteiger partial charge in [-0.3, -0.25) is 4.79 Å². The van der Waals surface area contributed by atoms with Crippen molar-refractivity contribution in [1.29, 1.82) is 0 Å². The molecule has 0 unspecified atom stereocenters. The van der Waals surface area contributed by atoms with E-state index in [9.17, 15) is 4.79 Å². The van der Waals surface area contributed by atoms with Gasteiger partial charge < -0.3 is 0 Å². The van der Waals surface area contributed by atoms with Crippen molar-refractivity contribution in [3.63, 3.8) is 0 Å². The third-order valence-corrected chi connectivity index (χ3v) is 4.11. The summed E-state index contributed by atoms with van der Waals surface area (Å²) in [6.07, 6.45) is 1.76. The molecule has 3 rings (SSSR count). The molecule has 0 spiro atoms. The summed E-state index contributed by atoms with van der Waals surface area (Å²) in [7, 11) is 0. The van der Waals surface area contributed by atoms with E-state index in [2.05, 4.69) is 43.3 Å². The van der Waals surface area contributed by atoms with Crippen LogP contribution in [0.3, 0.4) is 0 Å². The van der Waals surface area contributed by atoms with Crippen LogP contribution >= 0.6 is 0 Å². The fraction of sp³-hybridized carbons (Fsp3) is 0.136. The molecule has 1 nitrogen and oxygen atoms in total. The standard InChI is InChI=1S/C22H20O/c1-2-19-10-6-7-11-21(19)22(23)20-14-12-18(13-15-20)16-17-8-4-3-5-9-17/h3-15H,2,16H2,1H3. The molecule has 3 aromatic carbocycles. The molecular weight excluding hydrogens is 280 g/mol. The molecule has 0 fully saturated rings. The Labute approximate surface area is 137 Å². The van der Waals surface area contributed by atoms with Gasteiger partial charge in [-0.1, -0.05) is 85.8 Å². The highest BCUT2D eigenvalue weighted by molar-refractivity contribution is 6.09. The number of ketones is 1. The largest absolute Gasteiger partial charge is 0.289 e. The molecule has 0 bridgehead atoms. The Balaban J connectivity index is 1.80. The van der Waals surface area contributed by atoms with E-state index in [4.69, 9.17) is 0 Å². The summed E-state index contributed by atoms with van der Waals surface area (Å²) in [5.41, 5.74) is 5.17. The van der Waals surface area contributed by atoms with Gasteiger partial charge in [0.05, 0.1) is 0 Å². The van der Waals surface area contributed by atoms with Crippen LogP contribution in [0.5, 0.6) is 0 Å². The lowest BCUT2D eigenvalue weighted by molar-refractivity contribution is 0.103. The molecule has 0 N–H and O–H groups in total. The van der Waals surface area contributed by atoms with Crippen molar-refractivity contribution in [2.75, 3.05) is 0 Å². The number of rotatable bonds is 5. The van der Waals surface area contributed by atoms with Gasteiger partial charge in [-0.25, -0.2) is 0 Å². The van der Waals surface area contributed by atoms with Crippen molar-refractivity contribution in [2.45, 2.75) is 19.8 Å². The average Bonchev–Trinajstić information content (AvgIpc) is 2.62. The van der Waals surface area contributed by atoms with Crippen LogP contribution in [0.25, 0.3) is 0 Å². The normalized spacial score (nSPS) is 10.5. The van der Waals surface area contributed by atoms with E-state index in [1.807, 2.05) is 42.5 Å². The summed E-state index contributed by atoms with van der Waals surface area (Å²) in [5.74, 6) is 0.105. The van der Waals surface area contributed by atoms with E-state index in [0.29, 0.717) is 0 Å². The van der Waals surface area contributed by atoms with E-state index in [1.54, 1.807) is 0 Å². The highest BCUT2D eigenvalue weighted by atomic mass is 16.1. The fourth-order valence-corrected chi connectivity index (χ4v) is 2.81. The van der Waals surface area contributed by atoms with E-state index in [1.165, 1.54) is 11.1 Å². The van der Waals surface area contributed by atoms with Crippen molar-refractivity contribution in [3.05, 3.63) is 107 Å². The van der Waals surface area contributed by atoms with Crippen LogP contribution in [0.1, 0.15) is 39.5 Å². The lowest BCUT2D eigenvalue weighted by atomic mass is 9.95. The zero-order chi connectivity index (χ0) is 16.1. The van der Waals surface area contributed by atoms with E-state index < -0.39 is 0 Å². The highest BCUT2D eigenvalue weighted by Crippen LogP contribution is 2.17. The molecule has 0 atom stereocenters. The zero-order valence-corrected chi connectivity index (χ0v) is 13.3. The Morgan fingerprint density at radius 2 is 1.35 bits per heavy atom. The molecule has 0 saturated heterocycles. The smallest absolute Gasteiger partial charge is 0.193 e. The van der Waals surface area contributed by atoms with Crippen molar-refractivity contribution in [2.24, 2.45) is 0 Å². The summed E-state index contributed by atoms with van der Waals surface area (Å²) in [4.78, 5) is 12.7. The summed E-state index contributed by atoms with van der Waals surface area (Å²) in [6.45, 7) is 2.08. The first-order valence-corrected chi connectivity index (χ1v) is 8.03. The van der Waals surface area contributed by atoms with Gasteiger partial charge in [0.2, 0.25) is 0 Å². The topological polar surface area (TPSA) is 17.1 Å². The predicted molar refractivity (Wildman–Crippen MR) is 94.9 cm³/mol. The molecule has 0 amide bonds. The van der Waals surface area contributed by atoms with Crippen molar-refractivity contribution < 1.29 is 4.79 Å². The Morgan fingerprint density at radius 1 is 0.739 bits per heavy atom. The number of benzene rings is 3. The molecule has 0 aliphatic carbocycles. The van der Waals surface area contributed by atoms with Crippen molar-refractivity contribution >= 4 is 5.78 Å². The third-order valence-electron chi connectivity index (χ3n) is 4.11. The number of aryl methyl sites for hydroxylation is 1. The maximum Gasteiger partial charge on any atom is 0.193 e. The molecule has 0 aliphatic rings. The number of hydrogen-bond acceptors (Lipinski definition) is 1. The molecule has 0 heterocycles. The maximum atomic E-state index is 12.7. The molecule has 23 heavy (non-hydrogen) atoms. The van der Waals surface area contributed by atoms with Crippen LogP contribution in [0, 0.1) is 0 Å². The predicted octanol–water partition coefficient (Wildman–Crippen LogP) is 5.07. The first-order valence-electron chi connectivity index (χ1n) is 8.03. The van der Waals surface area contributed by atoms with Crippen LogP contribution in [0.4, 0.5) is 0 Å². The van der Waals surface area contributed by atoms with Gasteiger partial charge in [0.15, 0.2) is 5.78 Å². The van der Waals surface area contributed by atoms with Gasteiger partial charge >= 0.3 is 0 Å². The lowest BCUT2D eigenvalue weighted by Gasteiger charge is -2.08. The molecule has 114 valence electrons. The minimum absolute atomic E-state index is 0.105. The maximum absolute atomic E-state index is 12.7. The zero-order valence-electron chi connectivity index (χ0n) is 13.3. The quantitative estimate of drug-likeness (QED) is 0.601. The summed E-state index contributed by atoms with van der Waals surface area (Å²) in [5, 5.41) is 0. The Kier molecular flexibility index (Phi) is 4.68. The third kappa shape index (κ3) is 3.57. The summed E-state index contributed by atoms with van der Waals surface area (Å²) in [6, 6.07) is 26.2. The van der Waals surface area contributed by atoms with E-state index >= 15 is 0 Å². The number of hydrogen-bond donors (Lipinski definition) is 0. The number of carbonyl (C=O) groups is 1. The molecule has 3 aromatic rings. The average molecular weight is 300 g/mol. The molecule has 0 aromatic heterocycles. The van der Waals surface area contributed by atoms with Gasteiger partial charge in [0.25, 0.3) is 0 Å². The highest BCUT2D eigenvalue weighted by Gasteiger charge is 2.12. The van der Waals surface area contributed by atoms with Crippen molar-refractivity contribution in [3.8, 4) is 0 Å². The minimum atomic E-state index is 0.105. The van der Waals surface area contributed by atoms with Gasteiger partial charge in [-0.15, -0.1) is 0 Å². The first kappa shape index (κ1) is 15.2. The van der Waals surface area contributed by atoms with Crippen LogP contribution in [0.15, 0.2) is 78.9 Å². The van der Waals surface area contributed by atoms with Crippen molar-refractivity contribution in [1.82, 2.24) is 0 Å². The molecule has 0 aliphatic heterocycles. The van der Waals surface area contributed by atoms with E-state index in [-0.39, 0.29) is 5.78 Å². The van der Waals surface area contributed by atoms with Crippen LogP contribution in [0.2, 0.25) is 0 Å². The Hall–Kier alpha value is -2.67. The Bertz CT molecular complexity index is 786. The van der Waals surface area contributed by atoms with Crippen LogP contribution in [-0.4, -0.2) is 5.78 Å². The second kappa shape index (κ2) is 7.06. The van der Waals surface area contributed by atoms with Crippen LogP contribution < -0.4 is 0 Å². The SMILES string of the molecule is CCc1ccccc1C(=O)c1ccc(Cc2ccccc2)cc1. The molecule has 1 heteroatoms. The van der Waals surface area contributed by atoms with Gasteiger partial charge in [-0.2, -0.15) is 0 Å². The monoisotopic (exact) mass is 300 g/mol. The van der Waals surface area contributed by atoms with Crippen LogP contribution in [-0.2, 0) is 12.8 Å². The van der Waals surface area contributed by atoms with E-state index in [0.717, 1.165) is 29.5 Å². The summed E-state index contributed by atoms with van der Waals surface area (Å²) < 4.78 is 0. The van der Waals surface area contributed by atoms with Gasteiger partial charge in [0.1, 0.15) is 0 Å². The summed E-state index contributed by atoms with van der Waals surface area (Å²) >= 11 is 0. The lowest BCUT2D eigenvalue weighted by Crippen LogP contribution is -2.05. The first-order chi connectivity index (χ1) is 11.3. The molecular formula is C22H20O. The van der Waals surface area contributed by atoms with Gasteiger partial charge in [-0.05, 0) is 29.5 Å².